The second-order valence-electron chi connectivity index (χ2n) is 13.5. The number of rotatable bonds is 15. The van der Waals surface area contributed by atoms with Gasteiger partial charge in [0.15, 0.2) is 5.25 Å². The molecule has 264 valence electrons. The third-order valence-electron chi connectivity index (χ3n) is 9.27. The van der Waals surface area contributed by atoms with Crippen molar-refractivity contribution >= 4 is 40.8 Å². The Morgan fingerprint density at radius 1 is 0.900 bits per heavy atom. The quantitative estimate of drug-likeness (QED) is 0.125. The summed E-state index contributed by atoms with van der Waals surface area (Å²) in [4.78, 5) is 26.4. The number of thioether (sulfide) groups is 1. The molecule has 1 unspecified atom stereocenters. The van der Waals surface area contributed by atoms with Gasteiger partial charge in [-0.1, -0.05) is 83.6 Å². The van der Waals surface area contributed by atoms with Crippen LogP contribution in [0.15, 0.2) is 83.1 Å². The third-order valence-corrected chi connectivity index (χ3v) is 10.4. The first-order chi connectivity index (χ1) is 24.0. The molecule has 0 saturated carbocycles. The third kappa shape index (κ3) is 8.35. The number of tetrazole rings is 1. The van der Waals surface area contributed by atoms with Crippen LogP contribution in [0.4, 0.5) is 11.4 Å². The van der Waals surface area contributed by atoms with Crippen molar-refractivity contribution in [3.05, 3.63) is 83.9 Å². The normalized spacial score (nSPS) is 14.9. The maximum Gasteiger partial charge on any atom is 0.270 e. The van der Waals surface area contributed by atoms with Crippen molar-refractivity contribution in [2.75, 3.05) is 23.5 Å². The van der Waals surface area contributed by atoms with Crippen molar-refractivity contribution in [3.8, 4) is 11.4 Å². The molecule has 1 aromatic heterocycles. The minimum absolute atomic E-state index is 0.0330. The van der Waals surface area contributed by atoms with Crippen LogP contribution in [-0.2, 0) is 25.2 Å². The number of anilines is 2. The fraction of sp³-hybridized carbons (Fsp3) is 0.421. The van der Waals surface area contributed by atoms with E-state index in [1.807, 2.05) is 37.3 Å². The van der Waals surface area contributed by atoms with E-state index in [1.54, 1.807) is 28.9 Å². The monoisotopic (exact) mass is 697 g/mol. The lowest BCUT2D eigenvalue weighted by Crippen LogP contribution is -2.30. The lowest BCUT2D eigenvalue weighted by atomic mass is 9.76. The number of benzene rings is 3. The smallest absolute Gasteiger partial charge is 0.270 e. The Bertz CT molecular complexity index is 1810. The summed E-state index contributed by atoms with van der Waals surface area (Å²) in [6.45, 7) is 16.1. The van der Waals surface area contributed by atoms with Crippen LogP contribution >= 0.6 is 11.8 Å². The van der Waals surface area contributed by atoms with Gasteiger partial charge in [-0.25, -0.2) is 0 Å². The number of para-hydroxylation sites is 1. The molecule has 1 atom stereocenters. The zero-order valence-electron chi connectivity index (χ0n) is 30.0. The van der Waals surface area contributed by atoms with E-state index in [1.165, 1.54) is 27.9 Å². The maximum atomic E-state index is 13.6. The second kappa shape index (κ2) is 15.9. The molecule has 50 heavy (non-hydrogen) atoms. The lowest BCUT2D eigenvalue weighted by molar-refractivity contribution is -0.117. The molecule has 0 bridgehead atoms. The molecule has 2 amide bonds. The summed E-state index contributed by atoms with van der Waals surface area (Å²) in [6, 6.07) is 23.0. The van der Waals surface area contributed by atoms with Gasteiger partial charge in [0.05, 0.1) is 24.6 Å². The second-order valence-corrected chi connectivity index (χ2v) is 14.5. The first-order valence-electron chi connectivity index (χ1n) is 17.2. The van der Waals surface area contributed by atoms with E-state index < -0.39 is 5.25 Å². The Kier molecular flexibility index (Phi) is 11.6. The molecule has 0 spiro atoms. The minimum atomic E-state index is -0.768. The molecule has 2 heterocycles. The Morgan fingerprint density at radius 2 is 1.62 bits per heavy atom. The predicted molar refractivity (Wildman–Crippen MR) is 198 cm³/mol. The van der Waals surface area contributed by atoms with Gasteiger partial charge in [-0.15, -0.1) is 10.2 Å². The maximum absolute atomic E-state index is 13.6. The average Bonchev–Trinajstić information content (AvgIpc) is 3.71. The number of hydrogen-bond donors (Lipinski definition) is 1. The van der Waals surface area contributed by atoms with Crippen LogP contribution in [-0.4, -0.2) is 56.4 Å². The molecule has 4 aromatic rings. The molecule has 12 heteroatoms. The molecule has 0 fully saturated rings. The Labute approximate surface area is 298 Å². The number of nitrogens with zero attached hydrogens (tertiary/aromatic N) is 6. The number of carbonyl (C=O) groups is 2. The molecule has 0 radical (unpaired) electrons. The van der Waals surface area contributed by atoms with Crippen molar-refractivity contribution < 1.29 is 19.1 Å². The summed E-state index contributed by atoms with van der Waals surface area (Å²) < 4.78 is 13.6. The number of aromatic nitrogens is 4. The van der Waals surface area contributed by atoms with E-state index in [9.17, 15) is 9.59 Å². The first-order valence-corrected chi connectivity index (χ1v) is 18.1. The van der Waals surface area contributed by atoms with Gasteiger partial charge < -0.3 is 14.8 Å². The van der Waals surface area contributed by atoms with Gasteiger partial charge in [-0.05, 0) is 95.5 Å². The van der Waals surface area contributed by atoms with E-state index in [0.29, 0.717) is 42.6 Å². The molecular weight excluding hydrogens is 651 g/mol. The van der Waals surface area contributed by atoms with Crippen LogP contribution in [0.3, 0.4) is 0 Å². The van der Waals surface area contributed by atoms with Crippen molar-refractivity contribution in [2.24, 2.45) is 5.10 Å². The van der Waals surface area contributed by atoms with Crippen LogP contribution in [0, 0.1) is 0 Å². The Morgan fingerprint density at radius 3 is 2.30 bits per heavy atom. The Balaban J connectivity index is 1.17. The fourth-order valence-electron chi connectivity index (χ4n) is 5.37. The van der Waals surface area contributed by atoms with Gasteiger partial charge >= 0.3 is 0 Å². The molecule has 3 aromatic carbocycles. The van der Waals surface area contributed by atoms with Gasteiger partial charge in [0.1, 0.15) is 5.75 Å². The van der Waals surface area contributed by atoms with Gasteiger partial charge in [0.2, 0.25) is 17.0 Å². The molecule has 11 nitrogen and oxygen atoms in total. The predicted octanol–water partition coefficient (Wildman–Crippen LogP) is 7.69. The lowest BCUT2D eigenvalue weighted by Gasteiger charge is -2.30. The number of hydrogen-bond acceptors (Lipinski definition) is 9. The van der Waals surface area contributed by atoms with Crippen LogP contribution in [0.1, 0.15) is 85.3 Å². The molecule has 5 rings (SSSR count). The van der Waals surface area contributed by atoms with E-state index in [2.05, 4.69) is 85.7 Å². The fourth-order valence-corrected chi connectivity index (χ4v) is 6.32. The molecule has 0 aliphatic carbocycles. The van der Waals surface area contributed by atoms with E-state index >= 15 is 0 Å². The summed E-state index contributed by atoms with van der Waals surface area (Å²) in [5.41, 5.74) is 4.50. The highest BCUT2D eigenvalue weighted by Gasteiger charge is 2.40. The molecular formula is C38H47N7O4S. The van der Waals surface area contributed by atoms with Gasteiger partial charge in [0.25, 0.3) is 5.91 Å². The van der Waals surface area contributed by atoms with E-state index in [4.69, 9.17) is 9.47 Å². The Hall–Kier alpha value is -4.71. The van der Waals surface area contributed by atoms with Gasteiger partial charge in [-0.2, -0.15) is 9.69 Å². The van der Waals surface area contributed by atoms with Crippen molar-refractivity contribution in [2.45, 2.75) is 95.4 Å². The zero-order valence-corrected chi connectivity index (χ0v) is 30.8. The van der Waals surface area contributed by atoms with Crippen LogP contribution in [0.25, 0.3) is 5.69 Å². The van der Waals surface area contributed by atoms with Gasteiger partial charge in [-0.3, -0.25) is 9.59 Å². The summed E-state index contributed by atoms with van der Waals surface area (Å²) in [7, 11) is 0. The first kappa shape index (κ1) is 36.6. The van der Waals surface area contributed by atoms with Crippen LogP contribution in [0.2, 0.25) is 0 Å². The molecule has 1 aliphatic heterocycles. The zero-order chi connectivity index (χ0) is 35.9. The van der Waals surface area contributed by atoms with Crippen molar-refractivity contribution in [3.63, 3.8) is 0 Å². The van der Waals surface area contributed by atoms with Crippen LogP contribution in [0.5, 0.6) is 5.75 Å². The minimum Gasteiger partial charge on any atom is -0.493 e. The molecule has 1 N–H and O–H groups in total. The number of hydrazone groups is 1. The summed E-state index contributed by atoms with van der Waals surface area (Å²) >= 11 is 1.17. The average molecular weight is 698 g/mol. The standard InChI is InChI=1S/C38H47N7O4S/c1-8-37(4,5)26-18-23-31(30(25-26)38(6,7)9-2)49-24-14-17-32(46)39-27-19-21-29(22-20-27)44-35(47)33(34(41-44)48-10-3)50-36-40-42-43-45(36)28-15-12-11-13-16-28/h11-13,15-16,18-23,25,33H,8-10,14,17,24H2,1-7H3,(H,39,46). The summed E-state index contributed by atoms with van der Waals surface area (Å²) in [6.07, 6.45) is 2.92. The van der Waals surface area contributed by atoms with Crippen molar-refractivity contribution in [1.29, 1.82) is 0 Å². The highest BCUT2D eigenvalue weighted by molar-refractivity contribution is 8.01. The number of nitrogens with one attached hydrogen (secondary N) is 1. The molecule has 0 saturated heterocycles. The van der Waals surface area contributed by atoms with Crippen LogP contribution < -0.4 is 15.1 Å². The van der Waals surface area contributed by atoms with E-state index in [0.717, 1.165) is 24.3 Å². The topological polar surface area (TPSA) is 124 Å². The van der Waals surface area contributed by atoms with E-state index in [-0.39, 0.29) is 28.5 Å². The highest BCUT2D eigenvalue weighted by atomic mass is 32.2. The summed E-state index contributed by atoms with van der Waals surface area (Å²) in [5, 5.41) is 20.4. The number of amides is 2. The van der Waals surface area contributed by atoms with Crippen molar-refractivity contribution in [1.82, 2.24) is 20.2 Å². The molecule has 1 aliphatic rings. The SMILES string of the molecule is CCOC1=NN(c2ccc(NC(=O)CCCOc3ccc(C(C)(C)CC)cc3C(C)(C)CC)cc2)C(=O)C1Sc1nnnn1-c1ccccc1. The number of carbonyl (C=O) groups excluding carboxylic acids is 2. The number of ether oxygens (including phenoxy) is 2. The largest absolute Gasteiger partial charge is 0.493 e. The summed E-state index contributed by atoms with van der Waals surface area (Å²) in [5.74, 6) is 0.755. The van der Waals surface area contributed by atoms with Gasteiger partial charge in [0, 0.05) is 17.7 Å². The highest BCUT2D eigenvalue weighted by Crippen LogP contribution is 2.39.